The molecule has 1 heterocycles. The molecule has 7 nitrogen and oxygen atoms in total. The summed E-state index contributed by atoms with van der Waals surface area (Å²) in [5.74, 6) is 1.01. The Morgan fingerprint density at radius 2 is 1.96 bits per heavy atom. The van der Waals surface area contributed by atoms with Crippen LogP contribution in [0, 0.1) is 17.0 Å². The number of imidazole rings is 1. The van der Waals surface area contributed by atoms with Crippen LogP contribution in [0.3, 0.4) is 0 Å². The lowest BCUT2D eigenvalue weighted by Crippen LogP contribution is -2.03. The van der Waals surface area contributed by atoms with Gasteiger partial charge in [0.25, 0.3) is 0 Å². The second-order valence-electron chi connectivity index (χ2n) is 5.92. The number of aryl methyl sites for hydroxylation is 2. The van der Waals surface area contributed by atoms with Crippen LogP contribution >= 0.6 is 0 Å². The predicted octanol–water partition coefficient (Wildman–Crippen LogP) is 3.89. The van der Waals surface area contributed by atoms with Gasteiger partial charge in [0, 0.05) is 31.1 Å². The van der Waals surface area contributed by atoms with E-state index in [-0.39, 0.29) is 18.0 Å². The number of hydrogen-bond acceptors (Lipinski definition) is 5. The molecule has 0 atom stereocenters. The number of methoxy groups -OCH3 is 1. The zero-order chi connectivity index (χ0) is 18.7. The minimum atomic E-state index is -0.473. The number of hydrogen-bond donors (Lipinski definition) is 0. The van der Waals surface area contributed by atoms with Gasteiger partial charge in [-0.05, 0) is 18.6 Å². The van der Waals surface area contributed by atoms with Gasteiger partial charge in [-0.3, -0.25) is 10.1 Å². The minimum Gasteiger partial charge on any atom is -0.493 e. The van der Waals surface area contributed by atoms with Crippen molar-refractivity contribution in [1.29, 1.82) is 0 Å². The van der Waals surface area contributed by atoms with Gasteiger partial charge in [0.15, 0.2) is 5.75 Å². The zero-order valence-corrected chi connectivity index (χ0v) is 14.8. The second-order valence-corrected chi connectivity index (χ2v) is 5.92. The van der Waals surface area contributed by atoms with Crippen molar-refractivity contribution in [2.45, 2.75) is 13.5 Å². The second kappa shape index (κ2) is 7.26. The maximum Gasteiger partial charge on any atom is 0.315 e. The molecule has 0 saturated heterocycles. The maximum atomic E-state index is 11.6. The molecule has 7 heteroatoms. The molecule has 0 saturated carbocycles. The molecule has 0 N–H and O–H groups in total. The Labute approximate surface area is 151 Å². The van der Waals surface area contributed by atoms with E-state index in [1.54, 1.807) is 23.0 Å². The molecule has 0 spiro atoms. The van der Waals surface area contributed by atoms with E-state index in [2.05, 4.69) is 4.98 Å². The van der Waals surface area contributed by atoms with E-state index in [0.29, 0.717) is 17.1 Å². The normalized spacial score (nSPS) is 10.6. The first-order chi connectivity index (χ1) is 12.5. The van der Waals surface area contributed by atoms with Gasteiger partial charge >= 0.3 is 5.69 Å². The van der Waals surface area contributed by atoms with Crippen LogP contribution in [0.1, 0.15) is 11.1 Å². The smallest absolute Gasteiger partial charge is 0.315 e. The summed E-state index contributed by atoms with van der Waals surface area (Å²) in [7, 11) is 3.28. The fraction of sp³-hybridized carbons (Fsp3) is 0.211. The third-order valence-corrected chi connectivity index (χ3v) is 4.04. The van der Waals surface area contributed by atoms with E-state index >= 15 is 0 Å². The largest absolute Gasteiger partial charge is 0.493 e. The summed E-state index contributed by atoms with van der Waals surface area (Å²) in [6.45, 7) is 2.20. The topological polar surface area (TPSA) is 79.4 Å². The van der Waals surface area contributed by atoms with Crippen LogP contribution in [-0.2, 0) is 13.7 Å². The van der Waals surface area contributed by atoms with Gasteiger partial charge < -0.3 is 14.0 Å². The lowest BCUT2D eigenvalue weighted by atomic mass is 10.1. The average molecular weight is 353 g/mol. The lowest BCUT2D eigenvalue weighted by Gasteiger charge is -2.13. The van der Waals surface area contributed by atoms with E-state index in [0.717, 1.165) is 11.1 Å². The molecule has 0 amide bonds. The van der Waals surface area contributed by atoms with Gasteiger partial charge in [-0.2, -0.15) is 0 Å². The van der Waals surface area contributed by atoms with Gasteiger partial charge in [-0.15, -0.1) is 0 Å². The predicted molar refractivity (Wildman–Crippen MR) is 97.4 cm³/mol. The fourth-order valence-electron chi connectivity index (χ4n) is 2.63. The Morgan fingerprint density at radius 3 is 2.54 bits per heavy atom. The average Bonchev–Trinajstić information content (AvgIpc) is 3.06. The molecule has 2 aromatic carbocycles. The molecule has 3 aromatic rings. The number of benzene rings is 2. The number of nitrogens with zero attached hydrogens (tertiary/aromatic N) is 3. The molecule has 3 rings (SSSR count). The highest BCUT2D eigenvalue weighted by Crippen LogP contribution is 2.41. The lowest BCUT2D eigenvalue weighted by molar-refractivity contribution is -0.386. The standard InChI is InChI=1S/C19H19N3O4/c1-13-4-6-14(7-5-13)12-26-18-16(22(23)24)10-15(11-17(18)25-3)19-20-8-9-21(19)2/h4-11H,12H2,1-3H3. The van der Waals surface area contributed by atoms with Crippen LogP contribution in [0.15, 0.2) is 48.8 Å². The molecule has 1 aromatic heterocycles. The van der Waals surface area contributed by atoms with Gasteiger partial charge in [0.05, 0.1) is 12.0 Å². The SMILES string of the molecule is COc1cc(-c2nccn2C)cc([N+](=O)[O-])c1OCc1ccc(C)cc1. The quantitative estimate of drug-likeness (QED) is 0.496. The molecule has 0 radical (unpaired) electrons. The van der Waals surface area contributed by atoms with Crippen molar-refractivity contribution in [1.82, 2.24) is 9.55 Å². The van der Waals surface area contributed by atoms with Gasteiger partial charge in [-0.25, -0.2) is 4.98 Å². The zero-order valence-electron chi connectivity index (χ0n) is 14.8. The molecule has 0 unspecified atom stereocenters. The van der Waals surface area contributed by atoms with Crippen molar-refractivity contribution in [3.8, 4) is 22.9 Å². The van der Waals surface area contributed by atoms with Crippen LogP contribution in [0.4, 0.5) is 5.69 Å². The summed E-state index contributed by atoms with van der Waals surface area (Å²) in [4.78, 5) is 15.4. The monoisotopic (exact) mass is 353 g/mol. The van der Waals surface area contributed by atoms with Crippen molar-refractivity contribution in [2.75, 3.05) is 7.11 Å². The summed E-state index contributed by atoms with van der Waals surface area (Å²) in [5.41, 5.74) is 2.48. The number of ether oxygens (including phenoxy) is 2. The number of nitro benzene ring substituents is 1. The molecular weight excluding hydrogens is 334 g/mol. The van der Waals surface area contributed by atoms with Crippen molar-refractivity contribution < 1.29 is 14.4 Å². The molecule has 0 aliphatic carbocycles. The summed E-state index contributed by atoms with van der Waals surface area (Å²) in [6.07, 6.45) is 3.41. The molecule has 0 bridgehead atoms. The van der Waals surface area contributed by atoms with Crippen LogP contribution in [0.2, 0.25) is 0 Å². The first kappa shape index (κ1) is 17.5. The molecule has 134 valence electrons. The van der Waals surface area contributed by atoms with Gasteiger partial charge in [0.1, 0.15) is 12.4 Å². The third kappa shape index (κ3) is 3.51. The highest BCUT2D eigenvalue weighted by molar-refractivity contribution is 5.69. The number of rotatable bonds is 6. The van der Waals surface area contributed by atoms with E-state index in [1.165, 1.54) is 13.2 Å². The van der Waals surface area contributed by atoms with Crippen LogP contribution < -0.4 is 9.47 Å². The Bertz CT molecular complexity index is 932. The van der Waals surface area contributed by atoms with Crippen molar-refractivity contribution in [3.05, 3.63) is 70.0 Å². The first-order valence-corrected chi connectivity index (χ1v) is 8.02. The highest BCUT2D eigenvalue weighted by Gasteiger charge is 2.24. The molecular formula is C19H19N3O4. The van der Waals surface area contributed by atoms with Gasteiger partial charge in [-0.1, -0.05) is 29.8 Å². The van der Waals surface area contributed by atoms with E-state index in [9.17, 15) is 10.1 Å². The molecule has 0 fully saturated rings. The molecule has 0 aliphatic rings. The Kier molecular flexibility index (Phi) is 4.88. The van der Waals surface area contributed by atoms with Crippen molar-refractivity contribution in [2.24, 2.45) is 7.05 Å². The van der Waals surface area contributed by atoms with Gasteiger partial charge in [0.2, 0.25) is 5.75 Å². The van der Waals surface area contributed by atoms with Crippen molar-refractivity contribution in [3.63, 3.8) is 0 Å². The van der Waals surface area contributed by atoms with Crippen molar-refractivity contribution >= 4 is 5.69 Å². The maximum absolute atomic E-state index is 11.6. The highest BCUT2D eigenvalue weighted by atomic mass is 16.6. The first-order valence-electron chi connectivity index (χ1n) is 8.02. The molecule has 26 heavy (non-hydrogen) atoms. The van der Waals surface area contributed by atoms with Crippen LogP contribution in [-0.4, -0.2) is 21.6 Å². The number of aromatic nitrogens is 2. The summed E-state index contributed by atoms with van der Waals surface area (Å²) >= 11 is 0. The fourth-order valence-corrected chi connectivity index (χ4v) is 2.63. The molecule has 0 aliphatic heterocycles. The van der Waals surface area contributed by atoms with Crippen LogP contribution in [0.5, 0.6) is 11.5 Å². The summed E-state index contributed by atoms with van der Waals surface area (Å²) in [5, 5.41) is 11.6. The Balaban J connectivity index is 1.99. The summed E-state index contributed by atoms with van der Waals surface area (Å²) in [6, 6.07) is 10.9. The third-order valence-electron chi connectivity index (χ3n) is 4.04. The van der Waals surface area contributed by atoms with E-state index < -0.39 is 4.92 Å². The number of nitro groups is 1. The van der Waals surface area contributed by atoms with E-state index in [1.807, 2.05) is 38.2 Å². The van der Waals surface area contributed by atoms with Crippen LogP contribution in [0.25, 0.3) is 11.4 Å². The Hall–Kier alpha value is -3.35. The van der Waals surface area contributed by atoms with E-state index in [4.69, 9.17) is 9.47 Å². The summed E-state index contributed by atoms with van der Waals surface area (Å²) < 4.78 is 12.9. The minimum absolute atomic E-state index is 0.107. The Morgan fingerprint density at radius 1 is 1.23 bits per heavy atom.